The molecule has 0 unspecified atom stereocenters. The zero-order valence-electron chi connectivity index (χ0n) is 16.7. The predicted molar refractivity (Wildman–Crippen MR) is 108 cm³/mol. The number of benzene rings is 2. The molecule has 0 saturated carbocycles. The fourth-order valence-electron chi connectivity index (χ4n) is 2.82. The van der Waals surface area contributed by atoms with Gasteiger partial charge in [0.1, 0.15) is 11.2 Å². The molecule has 2 rings (SSSR count). The van der Waals surface area contributed by atoms with E-state index in [0.29, 0.717) is 13.1 Å². The normalized spacial score (nSPS) is 11.0. The van der Waals surface area contributed by atoms with Gasteiger partial charge in [0.2, 0.25) is 11.8 Å². The first-order valence-corrected chi connectivity index (χ1v) is 9.09. The van der Waals surface area contributed by atoms with Crippen molar-refractivity contribution < 1.29 is 14.3 Å². The highest BCUT2D eigenvalue weighted by Gasteiger charge is 2.39. The molecule has 5 heteroatoms. The van der Waals surface area contributed by atoms with E-state index in [1.807, 2.05) is 62.4 Å². The Labute approximate surface area is 161 Å². The highest BCUT2D eigenvalue weighted by Crippen LogP contribution is 2.25. The van der Waals surface area contributed by atoms with Gasteiger partial charge < -0.3 is 15.0 Å². The number of carbonyl (C=O) groups excluding carboxylic acids is 2. The highest BCUT2D eigenvalue weighted by atomic mass is 16.5. The number of ether oxygens (including phenoxy) is 1. The molecule has 2 aromatic rings. The van der Waals surface area contributed by atoms with E-state index >= 15 is 0 Å². The molecule has 0 fully saturated rings. The zero-order chi connectivity index (χ0) is 20.0. The molecule has 0 atom stereocenters. The standard InChI is InChI=1S/C22H28N2O3/c1-6-24(18-9-7-8-16(2)14-18)21(26)22(3,4)20(25)23-15-17-10-12-19(27-5)13-11-17/h7-14H,6,15H2,1-5H3,(H,23,25). The van der Waals surface area contributed by atoms with E-state index in [9.17, 15) is 9.59 Å². The molecule has 0 saturated heterocycles. The lowest BCUT2D eigenvalue weighted by Gasteiger charge is -2.30. The monoisotopic (exact) mass is 368 g/mol. The van der Waals surface area contributed by atoms with Crippen molar-refractivity contribution in [2.24, 2.45) is 5.41 Å². The molecular weight excluding hydrogens is 340 g/mol. The lowest BCUT2D eigenvalue weighted by Crippen LogP contribution is -2.49. The average Bonchev–Trinajstić information content (AvgIpc) is 2.67. The van der Waals surface area contributed by atoms with Gasteiger partial charge in [0.15, 0.2) is 0 Å². The van der Waals surface area contributed by atoms with E-state index in [0.717, 1.165) is 22.6 Å². The first kappa shape index (κ1) is 20.5. The SMILES string of the molecule is CCN(C(=O)C(C)(C)C(=O)NCc1ccc(OC)cc1)c1cccc(C)c1. The van der Waals surface area contributed by atoms with Crippen molar-refractivity contribution in [1.29, 1.82) is 0 Å². The molecule has 0 radical (unpaired) electrons. The Morgan fingerprint density at radius 3 is 2.33 bits per heavy atom. The van der Waals surface area contributed by atoms with Gasteiger partial charge in [-0.15, -0.1) is 0 Å². The minimum absolute atomic E-state index is 0.220. The van der Waals surface area contributed by atoms with Gasteiger partial charge in [-0.3, -0.25) is 9.59 Å². The fraction of sp³-hybridized carbons (Fsp3) is 0.364. The van der Waals surface area contributed by atoms with Crippen LogP contribution in [0.15, 0.2) is 48.5 Å². The fourth-order valence-corrected chi connectivity index (χ4v) is 2.82. The predicted octanol–water partition coefficient (Wildman–Crippen LogP) is 3.70. The van der Waals surface area contributed by atoms with Gasteiger partial charge in [-0.1, -0.05) is 24.3 Å². The number of nitrogens with zero attached hydrogens (tertiary/aromatic N) is 1. The Morgan fingerprint density at radius 1 is 1.11 bits per heavy atom. The summed E-state index contributed by atoms with van der Waals surface area (Å²) in [5.41, 5.74) is 1.64. The second kappa shape index (κ2) is 8.71. The van der Waals surface area contributed by atoms with Crippen LogP contribution in [0.1, 0.15) is 31.9 Å². The van der Waals surface area contributed by atoms with Gasteiger partial charge in [0.25, 0.3) is 0 Å². The third-order valence-corrected chi connectivity index (χ3v) is 4.59. The van der Waals surface area contributed by atoms with Crippen molar-refractivity contribution in [2.45, 2.75) is 34.2 Å². The summed E-state index contributed by atoms with van der Waals surface area (Å²) >= 11 is 0. The van der Waals surface area contributed by atoms with Gasteiger partial charge in [0.05, 0.1) is 7.11 Å². The summed E-state index contributed by atoms with van der Waals surface area (Å²) in [6.07, 6.45) is 0. The number of nitrogens with one attached hydrogen (secondary N) is 1. The van der Waals surface area contributed by atoms with Crippen LogP contribution in [-0.4, -0.2) is 25.5 Å². The number of carbonyl (C=O) groups is 2. The number of hydrogen-bond donors (Lipinski definition) is 1. The van der Waals surface area contributed by atoms with Crippen LogP contribution in [0.2, 0.25) is 0 Å². The number of aryl methyl sites for hydroxylation is 1. The van der Waals surface area contributed by atoms with E-state index in [4.69, 9.17) is 4.74 Å². The quantitative estimate of drug-likeness (QED) is 0.758. The van der Waals surface area contributed by atoms with Crippen molar-refractivity contribution >= 4 is 17.5 Å². The van der Waals surface area contributed by atoms with Crippen LogP contribution in [0.5, 0.6) is 5.75 Å². The summed E-state index contributed by atoms with van der Waals surface area (Å²) in [7, 11) is 1.61. The van der Waals surface area contributed by atoms with Gasteiger partial charge in [-0.05, 0) is 63.1 Å². The van der Waals surface area contributed by atoms with E-state index in [2.05, 4.69) is 5.32 Å². The Balaban J connectivity index is 2.09. The maximum absolute atomic E-state index is 13.1. The van der Waals surface area contributed by atoms with Crippen molar-refractivity contribution in [3.05, 3.63) is 59.7 Å². The molecule has 0 aliphatic carbocycles. The Hall–Kier alpha value is -2.82. The molecule has 2 amide bonds. The molecule has 0 aliphatic rings. The van der Waals surface area contributed by atoms with E-state index < -0.39 is 5.41 Å². The summed E-state index contributed by atoms with van der Waals surface area (Å²) in [4.78, 5) is 27.5. The number of hydrogen-bond acceptors (Lipinski definition) is 3. The topological polar surface area (TPSA) is 58.6 Å². The minimum Gasteiger partial charge on any atom is -0.497 e. The van der Waals surface area contributed by atoms with Crippen molar-refractivity contribution in [3.63, 3.8) is 0 Å². The number of amides is 2. The Morgan fingerprint density at radius 2 is 1.78 bits per heavy atom. The first-order valence-electron chi connectivity index (χ1n) is 9.09. The molecule has 27 heavy (non-hydrogen) atoms. The van der Waals surface area contributed by atoms with Crippen LogP contribution >= 0.6 is 0 Å². The molecule has 2 aromatic carbocycles. The summed E-state index contributed by atoms with van der Waals surface area (Å²) < 4.78 is 5.13. The molecule has 0 spiro atoms. The molecule has 5 nitrogen and oxygen atoms in total. The number of anilines is 1. The smallest absolute Gasteiger partial charge is 0.242 e. The third-order valence-electron chi connectivity index (χ3n) is 4.59. The van der Waals surface area contributed by atoms with Gasteiger partial charge in [-0.2, -0.15) is 0 Å². The van der Waals surface area contributed by atoms with E-state index in [1.165, 1.54) is 0 Å². The van der Waals surface area contributed by atoms with Gasteiger partial charge in [0, 0.05) is 18.8 Å². The van der Waals surface area contributed by atoms with Crippen molar-refractivity contribution in [1.82, 2.24) is 5.32 Å². The minimum atomic E-state index is -1.17. The van der Waals surface area contributed by atoms with E-state index in [1.54, 1.807) is 25.9 Å². The van der Waals surface area contributed by atoms with Crippen molar-refractivity contribution in [2.75, 3.05) is 18.6 Å². The summed E-state index contributed by atoms with van der Waals surface area (Å²) in [5, 5.41) is 2.87. The van der Waals surface area contributed by atoms with Crippen LogP contribution in [0, 0.1) is 12.3 Å². The van der Waals surface area contributed by atoms with Crippen LogP contribution in [-0.2, 0) is 16.1 Å². The summed E-state index contributed by atoms with van der Waals surface area (Å²) in [5.74, 6) is 0.245. The van der Waals surface area contributed by atoms with Crippen LogP contribution < -0.4 is 15.0 Å². The summed E-state index contributed by atoms with van der Waals surface area (Å²) in [6.45, 7) is 8.07. The lowest BCUT2D eigenvalue weighted by atomic mass is 9.89. The molecule has 144 valence electrons. The maximum Gasteiger partial charge on any atom is 0.242 e. The molecule has 0 heterocycles. The second-order valence-electron chi connectivity index (χ2n) is 7.04. The zero-order valence-corrected chi connectivity index (χ0v) is 16.7. The Kier molecular flexibility index (Phi) is 6.61. The largest absolute Gasteiger partial charge is 0.497 e. The molecule has 0 aromatic heterocycles. The molecule has 0 bridgehead atoms. The van der Waals surface area contributed by atoms with Crippen LogP contribution in [0.4, 0.5) is 5.69 Å². The molecule has 0 aliphatic heterocycles. The Bertz CT molecular complexity index is 797. The molecular formula is C22H28N2O3. The van der Waals surface area contributed by atoms with Gasteiger partial charge in [-0.25, -0.2) is 0 Å². The number of rotatable bonds is 7. The third kappa shape index (κ3) is 4.88. The van der Waals surface area contributed by atoms with Crippen LogP contribution in [0.3, 0.4) is 0 Å². The highest BCUT2D eigenvalue weighted by molar-refractivity contribution is 6.11. The average molecular weight is 368 g/mol. The first-order chi connectivity index (χ1) is 12.8. The van der Waals surface area contributed by atoms with Gasteiger partial charge >= 0.3 is 0 Å². The molecule has 1 N–H and O–H groups in total. The number of methoxy groups -OCH3 is 1. The van der Waals surface area contributed by atoms with Crippen LogP contribution in [0.25, 0.3) is 0 Å². The van der Waals surface area contributed by atoms with E-state index in [-0.39, 0.29) is 11.8 Å². The van der Waals surface area contributed by atoms with Crippen molar-refractivity contribution in [3.8, 4) is 5.75 Å². The maximum atomic E-state index is 13.1. The lowest BCUT2D eigenvalue weighted by molar-refractivity contribution is -0.139. The summed E-state index contributed by atoms with van der Waals surface area (Å²) in [6, 6.07) is 15.2. The second-order valence-corrected chi connectivity index (χ2v) is 7.04.